The zero-order chi connectivity index (χ0) is 16.5. The molecular weight excluding hydrogens is 324 g/mol. The Labute approximate surface area is 144 Å². The molecule has 4 rings (SSSR count). The number of rotatable bonds is 4. The molecule has 1 saturated heterocycles. The molecule has 0 unspecified atom stereocenters. The maximum absolute atomic E-state index is 12.7. The number of ether oxygens (including phenoxy) is 1. The van der Waals surface area contributed by atoms with Gasteiger partial charge >= 0.3 is 0 Å². The van der Waals surface area contributed by atoms with Gasteiger partial charge in [-0.05, 0) is 29.1 Å². The summed E-state index contributed by atoms with van der Waals surface area (Å²) in [7, 11) is 0. The number of carbonyl (C=O) groups excluding carboxylic acids is 2. The molecule has 0 aliphatic carbocycles. The average Bonchev–Trinajstić information content (AvgIpc) is 3.23. The van der Waals surface area contributed by atoms with Crippen molar-refractivity contribution in [2.75, 3.05) is 39.4 Å². The third kappa shape index (κ3) is 2.77. The highest BCUT2D eigenvalue weighted by molar-refractivity contribution is 7.13. The van der Waals surface area contributed by atoms with E-state index in [4.69, 9.17) is 4.74 Å². The van der Waals surface area contributed by atoms with Crippen molar-refractivity contribution in [1.29, 1.82) is 0 Å². The van der Waals surface area contributed by atoms with Crippen molar-refractivity contribution in [1.82, 2.24) is 9.80 Å². The van der Waals surface area contributed by atoms with Crippen molar-refractivity contribution in [2.24, 2.45) is 0 Å². The normalized spacial score (nSPS) is 18.2. The number of benzene rings is 1. The van der Waals surface area contributed by atoms with Gasteiger partial charge in [-0.1, -0.05) is 12.1 Å². The van der Waals surface area contributed by atoms with Gasteiger partial charge in [0.2, 0.25) is 0 Å². The largest absolute Gasteiger partial charge is 0.379 e. The van der Waals surface area contributed by atoms with Crippen molar-refractivity contribution < 1.29 is 14.3 Å². The van der Waals surface area contributed by atoms with Crippen molar-refractivity contribution in [2.45, 2.75) is 0 Å². The van der Waals surface area contributed by atoms with Gasteiger partial charge in [0.25, 0.3) is 11.8 Å². The molecule has 0 N–H and O–H groups in total. The number of hydrogen-bond donors (Lipinski definition) is 0. The molecule has 6 heteroatoms. The summed E-state index contributed by atoms with van der Waals surface area (Å²) in [5.41, 5.74) is 2.02. The Kier molecular flexibility index (Phi) is 4.18. The van der Waals surface area contributed by atoms with Crippen LogP contribution in [0.25, 0.3) is 10.4 Å². The lowest BCUT2D eigenvalue weighted by Gasteiger charge is -2.27. The Morgan fingerprint density at radius 2 is 1.79 bits per heavy atom. The zero-order valence-electron chi connectivity index (χ0n) is 13.2. The molecule has 5 nitrogen and oxygen atoms in total. The first-order valence-corrected chi connectivity index (χ1v) is 8.96. The first-order chi connectivity index (χ1) is 11.7. The van der Waals surface area contributed by atoms with Crippen LogP contribution in [0.4, 0.5) is 0 Å². The summed E-state index contributed by atoms with van der Waals surface area (Å²) in [5.74, 6) is -0.359. The number of nitrogens with zero attached hydrogens (tertiary/aromatic N) is 2. The number of carbonyl (C=O) groups is 2. The molecule has 2 amide bonds. The summed E-state index contributed by atoms with van der Waals surface area (Å²) >= 11 is 1.63. The third-order valence-corrected chi connectivity index (χ3v) is 5.44. The Hall–Kier alpha value is -2.02. The summed E-state index contributed by atoms with van der Waals surface area (Å²) < 4.78 is 5.32. The fraction of sp³-hybridized carbons (Fsp3) is 0.333. The first-order valence-electron chi connectivity index (χ1n) is 8.08. The van der Waals surface area contributed by atoms with Crippen molar-refractivity contribution in [3.8, 4) is 10.4 Å². The van der Waals surface area contributed by atoms with Gasteiger partial charge < -0.3 is 4.74 Å². The van der Waals surface area contributed by atoms with Gasteiger partial charge in [-0.2, -0.15) is 0 Å². The smallest absolute Gasteiger partial charge is 0.261 e. The first kappa shape index (κ1) is 15.5. The van der Waals surface area contributed by atoms with Gasteiger partial charge in [-0.3, -0.25) is 19.4 Å². The Morgan fingerprint density at radius 3 is 2.54 bits per heavy atom. The highest BCUT2D eigenvalue weighted by Gasteiger charge is 2.35. The van der Waals surface area contributed by atoms with Gasteiger partial charge in [0.1, 0.15) is 0 Å². The molecule has 2 aliphatic heterocycles. The number of amides is 2. The van der Waals surface area contributed by atoms with Crippen LogP contribution in [-0.2, 0) is 4.74 Å². The zero-order valence-corrected chi connectivity index (χ0v) is 14.1. The lowest BCUT2D eigenvalue weighted by atomic mass is 10.0. The number of hydrogen-bond acceptors (Lipinski definition) is 5. The summed E-state index contributed by atoms with van der Waals surface area (Å²) in [6, 6.07) is 9.54. The van der Waals surface area contributed by atoms with E-state index in [1.807, 2.05) is 29.6 Å². The number of fused-ring (bicyclic) bond motifs is 1. The van der Waals surface area contributed by atoms with Crippen LogP contribution >= 0.6 is 11.3 Å². The van der Waals surface area contributed by atoms with Crippen LogP contribution in [0.2, 0.25) is 0 Å². The molecule has 0 saturated carbocycles. The maximum atomic E-state index is 12.7. The molecule has 2 aromatic rings. The molecular formula is C18H18N2O3S. The fourth-order valence-corrected chi connectivity index (χ4v) is 3.88. The third-order valence-electron chi connectivity index (χ3n) is 4.52. The molecule has 0 spiro atoms. The maximum Gasteiger partial charge on any atom is 0.261 e. The van der Waals surface area contributed by atoms with Crippen LogP contribution in [0.5, 0.6) is 0 Å². The number of imide groups is 1. The Balaban J connectivity index is 1.52. The molecule has 1 aromatic carbocycles. The molecule has 124 valence electrons. The quantitative estimate of drug-likeness (QED) is 0.801. The van der Waals surface area contributed by atoms with Crippen molar-refractivity contribution in [3.63, 3.8) is 0 Å². The molecule has 0 atom stereocenters. The van der Waals surface area contributed by atoms with Crippen LogP contribution in [0.15, 0.2) is 35.7 Å². The van der Waals surface area contributed by atoms with Crippen LogP contribution in [0, 0.1) is 0 Å². The molecule has 0 radical (unpaired) electrons. The van der Waals surface area contributed by atoms with E-state index in [2.05, 4.69) is 4.90 Å². The highest BCUT2D eigenvalue weighted by atomic mass is 32.1. The molecule has 3 heterocycles. The number of morpholine rings is 1. The minimum Gasteiger partial charge on any atom is -0.379 e. The van der Waals surface area contributed by atoms with Gasteiger partial charge in [0, 0.05) is 31.1 Å². The fourth-order valence-electron chi connectivity index (χ4n) is 3.16. The average molecular weight is 342 g/mol. The molecule has 24 heavy (non-hydrogen) atoms. The monoisotopic (exact) mass is 342 g/mol. The van der Waals surface area contributed by atoms with Crippen LogP contribution in [0.3, 0.4) is 0 Å². The number of thiophene rings is 1. The molecule has 0 bridgehead atoms. The predicted molar refractivity (Wildman–Crippen MR) is 92.4 cm³/mol. The van der Waals surface area contributed by atoms with Crippen LogP contribution < -0.4 is 0 Å². The van der Waals surface area contributed by atoms with Crippen molar-refractivity contribution >= 4 is 23.2 Å². The van der Waals surface area contributed by atoms with Crippen LogP contribution in [-0.4, -0.2) is 61.0 Å². The van der Waals surface area contributed by atoms with Gasteiger partial charge in [0.15, 0.2) is 0 Å². The predicted octanol–water partition coefficient (Wildman–Crippen LogP) is 2.34. The van der Waals surface area contributed by atoms with Gasteiger partial charge in [-0.25, -0.2) is 0 Å². The second-order valence-electron chi connectivity index (χ2n) is 5.95. The van der Waals surface area contributed by atoms with E-state index in [1.54, 1.807) is 17.4 Å². The van der Waals surface area contributed by atoms with E-state index in [0.717, 1.165) is 23.5 Å². The summed E-state index contributed by atoms with van der Waals surface area (Å²) in [6.07, 6.45) is 0. The minimum absolute atomic E-state index is 0.179. The molecule has 1 fully saturated rings. The van der Waals surface area contributed by atoms with E-state index in [-0.39, 0.29) is 11.8 Å². The second-order valence-corrected chi connectivity index (χ2v) is 6.90. The Bertz CT molecular complexity index is 767. The van der Waals surface area contributed by atoms with Gasteiger partial charge in [-0.15, -0.1) is 11.3 Å². The lowest BCUT2D eigenvalue weighted by Crippen LogP contribution is -2.42. The van der Waals surface area contributed by atoms with E-state index in [1.165, 1.54) is 4.90 Å². The summed E-state index contributed by atoms with van der Waals surface area (Å²) in [5, 5.41) is 2.00. The highest BCUT2D eigenvalue weighted by Crippen LogP contribution is 2.30. The SMILES string of the molecule is O=C1c2ccc(-c3cccs3)cc2C(=O)N1CCN1CCOCC1. The van der Waals surface area contributed by atoms with E-state index < -0.39 is 0 Å². The topological polar surface area (TPSA) is 49.9 Å². The van der Waals surface area contributed by atoms with E-state index in [0.29, 0.717) is 37.4 Å². The lowest BCUT2D eigenvalue weighted by molar-refractivity contribution is 0.0325. The summed E-state index contributed by atoms with van der Waals surface area (Å²) in [4.78, 5) is 29.9. The Morgan fingerprint density at radius 1 is 1.00 bits per heavy atom. The molecule has 2 aliphatic rings. The van der Waals surface area contributed by atoms with Crippen LogP contribution in [0.1, 0.15) is 20.7 Å². The van der Waals surface area contributed by atoms with E-state index in [9.17, 15) is 9.59 Å². The minimum atomic E-state index is -0.180. The second kappa shape index (κ2) is 6.47. The summed E-state index contributed by atoms with van der Waals surface area (Å²) in [6.45, 7) is 4.27. The van der Waals surface area contributed by atoms with Gasteiger partial charge in [0.05, 0.1) is 24.3 Å². The van der Waals surface area contributed by atoms with E-state index >= 15 is 0 Å². The standard InChI is InChI=1S/C18H18N2O3S/c21-17-14-4-3-13(16-2-1-11-24-16)12-15(14)18(22)20(17)6-5-19-7-9-23-10-8-19/h1-4,11-12H,5-10H2. The molecule has 1 aromatic heterocycles. The van der Waals surface area contributed by atoms with Crippen molar-refractivity contribution in [3.05, 3.63) is 46.8 Å².